The summed E-state index contributed by atoms with van der Waals surface area (Å²) in [5.41, 5.74) is 1.87. The quantitative estimate of drug-likeness (QED) is 0.933. The predicted octanol–water partition coefficient (Wildman–Crippen LogP) is 2.56. The number of carbonyl (C=O) groups is 2. The minimum Gasteiger partial charge on any atom is -0.477 e. The predicted molar refractivity (Wildman–Crippen MR) is 91.9 cm³/mol. The maximum absolute atomic E-state index is 13.6. The standard InChI is InChI=1S/C19H19FN2O3/c1-12-7-8-14(9-15(12)20)10-21-19(24)18-11-22(13(2)23)16-5-3-4-6-17(16)25-18/h3-9,18H,10-11H2,1-2H3,(H,21,24). The molecule has 5 nitrogen and oxygen atoms in total. The highest BCUT2D eigenvalue weighted by Crippen LogP contribution is 2.33. The van der Waals surface area contributed by atoms with E-state index >= 15 is 0 Å². The summed E-state index contributed by atoms with van der Waals surface area (Å²) in [5, 5.41) is 2.74. The lowest BCUT2D eigenvalue weighted by atomic mass is 10.1. The van der Waals surface area contributed by atoms with Crippen LogP contribution in [0.2, 0.25) is 0 Å². The fraction of sp³-hybridized carbons (Fsp3) is 0.263. The Kier molecular flexibility index (Phi) is 4.70. The third-order valence-electron chi connectivity index (χ3n) is 4.15. The van der Waals surface area contributed by atoms with Gasteiger partial charge in [0.05, 0.1) is 12.2 Å². The van der Waals surface area contributed by atoms with E-state index in [1.807, 2.05) is 6.07 Å². The average molecular weight is 342 g/mol. The molecular formula is C19H19FN2O3. The molecule has 2 amide bonds. The number of aryl methyl sites for hydroxylation is 1. The zero-order valence-electron chi connectivity index (χ0n) is 14.1. The second-order valence-electron chi connectivity index (χ2n) is 6.01. The SMILES string of the molecule is CC(=O)N1CC(C(=O)NCc2ccc(C)c(F)c2)Oc2ccccc21. The summed E-state index contributed by atoms with van der Waals surface area (Å²) >= 11 is 0. The van der Waals surface area contributed by atoms with E-state index in [2.05, 4.69) is 5.32 Å². The van der Waals surface area contributed by atoms with Crippen LogP contribution in [0.4, 0.5) is 10.1 Å². The number of benzene rings is 2. The lowest BCUT2D eigenvalue weighted by Crippen LogP contribution is -2.50. The van der Waals surface area contributed by atoms with E-state index in [1.54, 1.807) is 37.3 Å². The van der Waals surface area contributed by atoms with Gasteiger partial charge in [-0.25, -0.2) is 4.39 Å². The van der Waals surface area contributed by atoms with E-state index in [0.717, 1.165) is 0 Å². The Morgan fingerprint density at radius 2 is 2.04 bits per heavy atom. The highest BCUT2D eigenvalue weighted by atomic mass is 19.1. The first-order valence-corrected chi connectivity index (χ1v) is 8.02. The maximum atomic E-state index is 13.6. The van der Waals surface area contributed by atoms with Crippen LogP contribution in [-0.4, -0.2) is 24.5 Å². The van der Waals surface area contributed by atoms with E-state index in [9.17, 15) is 14.0 Å². The smallest absolute Gasteiger partial charge is 0.263 e. The van der Waals surface area contributed by atoms with Crippen molar-refractivity contribution in [3.05, 3.63) is 59.4 Å². The van der Waals surface area contributed by atoms with Gasteiger partial charge in [0.1, 0.15) is 11.6 Å². The van der Waals surface area contributed by atoms with Crippen molar-refractivity contribution in [1.29, 1.82) is 0 Å². The van der Waals surface area contributed by atoms with Crippen LogP contribution in [0.5, 0.6) is 5.75 Å². The van der Waals surface area contributed by atoms with Gasteiger partial charge in [-0.15, -0.1) is 0 Å². The number of anilines is 1. The number of hydrogen-bond acceptors (Lipinski definition) is 3. The van der Waals surface area contributed by atoms with Crippen molar-refractivity contribution >= 4 is 17.5 Å². The number of rotatable bonds is 3. The maximum Gasteiger partial charge on any atom is 0.263 e. The monoisotopic (exact) mass is 342 g/mol. The summed E-state index contributed by atoms with van der Waals surface area (Å²) in [4.78, 5) is 25.8. The molecule has 0 aliphatic carbocycles. The zero-order chi connectivity index (χ0) is 18.0. The van der Waals surface area contributed by atoms with Gasteiger partial charge >= 0.3 is 0 Å². The third-order valence-corrected chi connectivity index (χ3v) is 4.15. The number of fused-ring (bicyclic) bond motifs is 1. The van der Waals surface area contributed by atoms with Crippen molar-refractivity contribution in [2.45, 2.75) is 26.5 Å². The van der Waals surface area contributed by atoms with Gasteiger partial charge in [-0.2, -0.15) is 0 Å². The first-order chi connectivity index (χ1) is 12.0. The summed E-state index contributed by atoms with van der Waals surface area (Å²) < 4.78 is 19.3. The molecule has 0 aromatic heterocycles. The summed E-state index contributed by atoms with van der Waals surface area (Å²) in [5.74, 6) is -0.321. The third kappa shape index (κ3) is 3.63. The summed E-state index contributed by atoms with van der Waals surface area (Å²) in [6.07, 6.45) is -0.811. The van der Waals surface area contributed by atoms with Gasteiger partial charge in [0.25, 0.3) is 5.91 Å². The van der Waals surface area contributed by atoms with E-state index in [0.29, 0.717) is 22.6 Å². The Balaban J connectivity index is 1.70. The molecule has 1 N–H and O–H groups in total. The van der Waals surface area contributed by atoms with Gasteiger partial charge in [0.2, 0.25) is 5.91 Å². The normalized spacial score (nSPS) is 16.0. The summed E-state index contributed by atoms with van der Waals surface area (Å²) in [6, 6.07) is 11.9. The molecule has 6 heteroatoms. The Morgan fingerprint density at radius 3 is 2.76 bits per heavy atom. The molecule has 130 valence electrons. The fourth-order valence-electron chi connectivity index (χ4n) is 2.72. The lowest BCUT2D eigenvalue weighted by Gasteiger charge is -2.33. The average Bonchev–Trinajstić information content (AvgIpc) is 2.61. The Hall–Kier alpha value is -2.89. The van der Waals surface area contributed by atoms with Gasteiger partial charge in [-0.1, -0.05) is 24.3 Å². The number of nitrogens with zero attached hydrogens (tertiary/aromatic N) is 1. The molecule has 1 atom stereocenters. The molecule has 2 aromatic rings. The van der Waals surface area contributed by atoms with Gasteiger partial charge < -0.3 is 15.0 Å². The Bertz CT molecular complexity index is 822. The van der Waals surface area contributed by atoms with Crippen molar-refractivity contribution in [3.8, 4) is 5.75 Å². The van der Waals surface area contributed by atoms with Crippen LogP contribution in [-0.2, 0) is 16.1 Å². The first kappa shape index (κ1) is 17.0. The van der Waals surface area contributed by atoms with Crippen molar-refractivity contribution in [1.82, 2.24) is 5.32 Å². The zero-order valence-corrected chi connectivity index (χ0v) is 14.1. The number of hydrogen-bond donors (Lipinski definition) is 1. The minimum atomic E-state index is -0.811. The van der Waals surface area contributed by atoms with Gasteiger partial charge in [-0.05, 0) is 36.2 Å². The minimum absolute atomic E-state index is 0.139. The number of nitrogens with one attached hydrogen (secondary N) is 1. The molecule has 1 heterocycles. The van der Waals surface area contributed by atoms with E-state index in [-0.39, 0.29) is 30.7 Å². The van der Waals surface area contributed by atoms with Gasteiger partial charge in [0.15, 0.2) is 6.10 Å². The molecule has 1 aliphatic heterocycles. The lowest BCUT2D eigenvalue weighted by molar-refractivity contribution is -0.128. The summed E-state index contributed by atoms with van der Waals surface area (Å²) in [7, 11) is 0. The van der Waals surface area contributed by atoms with Crippen molar-refractivity contribution in [3.63, 3.8) is 0 Å². The molecule has 0 bridgehead atoms. The largest absolute Gasteiger partial charge is 0.477 e. The summed E-state index contributed by atoms with van der Waals surface area (Å²) in [6.45, 7) is 3.46. The van der Waals surface area contributed by atoms with E-state index in [1.165, 1.54) is 17.9 Å². The van der Waals surface area contributed by atoms with Crippen LogP contribution in [0.1, 0.15) is 18.1 Å². The molecule has 0 saturated carbocycles. The highest BCUT2D eigenvalue weighted by Gasteiger charge is 2.32. The van der Waals surface area contributed by atoms with Crippen LogP contribution < -0.4 is 15.0 Å². The number of para-hydroxylation sites is 2. The van der Waals surface area contributed by atoms with Gasteiger partial charge in [0, 0.05) is 13.5 Å². The number of ether oxygens (including phenoxy) is 1. The number of carbonyl (C=O) groups excluding carboxylic acids is 2. The van der Waals surface area contributed by atoms with Crippen LogP contribution >= 0.6 is 0 Å². The molecule has 0 saturated heterocycles. The van der Waals surface area contributed by atoms with Gasteiger partial charge in [-0.3, -0.25) is 9.59 Å². The van der Waals surface area contributed by atoms with Crippen molar-refractivity contribution < 1.29 is 18.7 Å². The molecule has 1 unspecified atom stereocenters. The molecule has 0 spiro atoms. The van der Waals surface area contributed by atoms with Crippen molar-refractivity contribution in [2.24, 2.45) is 0 Å². The molecule has 1 aliphatic rings. The molecule has 25 heavy (non-hydrogen) atoms. The Labute approximate surface area is 145 Å². The molecule has 0 fully saturated rings. The van der Waals surface area contributed by atoms with Crippen LogP contribution in [0.3, 0.4) is 0 Å². The molecule has 2 aromatic carbocycles. The molecular weight excluding hydrogens is 323 g/mol. The second-order valence-corrected chi connectivity index (χ2v) is 6.01. The number of halogens is 1. The molecule has 3 rings (SSSR count). The van der Waals surface area contributed by atoms with Crippen molar-refractivity contribution in [2.75, 3.05) is 11.4 Å². The first-order valence-electron chi connectivity index (χ1n) is 8.02. The highest BCUT2D eigenvalue weighted by molar-refractivity contribution is 5.95. The van der Waals surface area contributed by atoms with Crippen LogP contribution in [0.15, 0.2) is 42.5 Å². The van der Waals surface area contributed by atoms with E-state index in [4.69, 9.17) is 4.74 Å². The fourth-order valence-corrected chi connectivity index (χ4v) is 2.72. The van der Waals surface area contributed by atoms with Crippen LogP contribution in [0.25, 0.3) is 0 Å². The Morgan fingerprint density at radius 1 is 1.28 bits per heavy atom. The van der Waals surface area contributed by atoms with Crippen LogP contribution in [0, 0.1) is 12.7 Å². The second kappa shape index (κ2) is 6.93. The topological polar surface area (TPSA) is 58.6 Å². The molecule has 0 radical (unpaired) electrons. The number of amides is 2. The van der Waals surface area contributed by atoms with E-state index < -0.39 is 6.10 Å².